The summed E-state index contributed by atoms with van der Waals surface area (Å²) in [6.45, 7) is 5.29. The lowest BCUT2D eigenvalue weighted by Crippen LogP contribution is -2.30. The molecule has 1 aromatic heterocycles. The van der Waals surface area contributed by atoms with E-state index < -0.39 is 0 Å². The lowest BCUT2D eigenvalue weighted by atomic mass is 9.99. The van der Waals surface area contributed by atoms with Crippen LogP contribution >= 0.6 is 36.2 Å². The first kappa shape index (κ1) is 16.2. The van der Waals surface area contributed by atoms with Crippen LogP contribution in [0.15, 0.2) is 5.38 Å². The third-order valence-electron chi connectivity index (χ3n) is 3.74. The standard InChI is InChI=1S/C12H19N3S.2ClH/c1-8-7-16-12(14-8)6-15-4-10(9-2-3-9)11(13)5-15;;/h7,9-11H,2-6,13H2,1H3;2*1H/t10-,11+;;/m1../s1. The zero-order valence-electron chi connectivity index (χ0n) is 10.5. The van der Waals surface area contributed by atoms with Gasteiger partial charge in [-0.3, -0.25) is 4.90 Å². The SMILES string of the molecule is Cc1csc(CN2C[C@H](C3CC3)[C@@H](N)C2)n1.Cl.Cl. The molecule has 18 heavy (non-hydrogen) atoms. The number of hydrogen-bond donors (Lipinski definition) is 1. The first-order valence-corrected chi connectivity index (χ1v) is 6.99. The number of aryl methyl sites for hydroxylation is 1. The molecule has 0 spiro atoms. The Morgan fingerprint density at radius 1 is 1.39 bits per heavy atom. The highest BCUT2D eigenvalue weighted by Gasteiger charge is 2.40. The molecule has 0 bridgehead atoms. The van der Waals surface area contributed by atoms with Crippen molar-refractivity contribution in [3.8, 4) is 0 Å². The van der Waals surface area contributed by atoms with Gasteiger partial charge in [-0.1, -0.05) is 0 Å². The Labute approximate surface area is 125 Å². The minimum absolute atomic E-state index is 0. The van der Waals surface area contributed by atoms with E-state index in [-0.39, 0.29) is 24.8 Å². The van der Waals surface area contributed by atoms with Gasteiger partial charge in [0.25, 0.3) is 0 Å². The Morgan fingerprint density at radius 3 is 2.67 bits per heavy atom. The van der Waals surface area contributed by atoms with Gasteiger partial charge in [0.15, 0.2) is 0 Å². The second-order valence-electron chi connectivity index (χ2n) is 5.24. The fourth-order valence-corrected chi connectivity index (χ4v) is 3.57. The molecule has 1 saturated heterocycles. The molecule has 1 saturated carbocycles. The molecule has 104 valence electrons. The third-order valence-corrected chi connectivity index (χ3v) is 4.69. The molecule has 2 aliphatic rings. The van der Waals surface area contributed by atoms with Gasteiger partial charge < -0.3 is 5.73 Å². The maximum absolute atomic E-state index is 6.21. The Bertz CT molecular complexity index is 381. The topological polar surface area (TPSA) is 42.1 Å². The van der Waals surface area contributed by atoms with Crippen LogP contribution in [0, 0.1) is 18.8 Å². The van der Waals surface area contributed by atoms with E-state index in [1.165, 1.54) is 24.4 Å². The second kappa shape index (κ2) is 6.53. The molecule has 1 aromatic rings. The molecular formula is C12H21Cl2N3S. The number of thiazole rings is 1. The Balaban J connectivity index is 0.000000810. The fraction of sp³-hybridized carbons (Fsp3) is 0.750. The maximum Gasteiger partial charge on any atom is 0.107 e. The van der Waals surface area contributed by atoms with E-state index >= 15 is 0 Å². The van der Waals surface area contributed by atoms with Crippen LogP contribution in [-0.2, 0) is 6.54 Å². The van der Waals surface area contributed by atoms with E-state index in [1.807, 2.05) is 0 Å². The van der Waals surface area contributed by atoms with Crippen LogP contribution in [0.3, 0.4) is 0 Å². The largest absolute Gasteiger partial charge is 0.326 e. The zero-order valence-corrected chi connectivity index (χ0v) is 13.0. The number of nitrogens with zero attached hydrogens (tertiary/aromatic N) is 2. The van der Waals surface area contributed by atoms with Crippen LogP contribution in [0.1, 0.15) is 23.5 Å². The van der Waals surface area contributed by atoms with Crippen LogP contribution in [-0.4, -0.2) is 29.0 Å². The predicted octanol–water partition coefficient (Wildman–Crippen LogP) is 2.46. The van der Waals surface area contributed by atoms with Crippen molar-refractivity contribution in [1.82, 2.24) is 9.88 Å². The first-order valence-electron chi connectivity index (χ1n) is 6.11. The van der Waals surface area contributed by atoms with Crippen molar-refractivity contribution >= 4 is 36.2 Å². The zero-order chi connectivity index (χ0) is 11.1. The number of aromatic nitrogens is 1. The average Bonchev–Trinajstić information content (AvgIpc) is 2.91. The van der Waals surface area contributed by atoms with E-state index in [0.717, 1.165) is 30.6 Å². The summed E-state index contributed by atoms with van der Waals surface area (Å²) in [6.07, 6.45) is 2.81. The molecule has 0 aromatic carbocycles. The summed E-state index contributed by atoms with van der Waals surface area (Å²) in [5.74, 6) is 1.68. The van der Waals surface area contributed by atoms with Gasteiger partial charge in [0.1, 0.15) is 5.01 Å². The lowest BCUT2D eigenvalue weighted by Gasteiger charge is -2.13. The molecule has 0 amide bonds. The Kier molecular flexibility index (Phi) is 5.87. The van der Waals surface area contributed by atoms with Crippen molar-refractivity contribution < 1.29 is 0 Å². The fourth-order valence-electron chi connectivity index (χ4n) is 2.76. The number of halogens is 2. The average molecular weight is 310 g/mol. The van der Waals surface area contributed by atoms with E-state index in [9.17, 15) is 0 Å². The highest BCUT2D eigenvalue weighted by molar-refractivity contribution is 7.09. The van der Waals surface area contributed by atoms with Gasteiger partial charge in [-0.05, 0) is 31.6 Å². The van der Waals surface area contributed by atoms with Crippen LogP contribution < -0.4 is 5.73 Å². The van der Waals surface area contributed by atoms with Gasteiger partial charge in [-0.25, -0.2) is 4.98 Å². The maximum atomic E-state index is 6.21. The molecule has 0 radical (unpaired) electrons. The molecule has 1 aliphatic carbocycles. The quantitative estimate of drug-likeness (QED) is 0.932. The summed E-state index contributed by atoms with van der Waals surface area (Å²) in [7, 11) is 0. The smallest absolute Gasteiger partial charge is 0.107 e. The van der Waals surface area contributed by atoms with E-state index in [0.29, 0.717) is 6.04 Å². The third kappa shape index (κ3) is 3.58. The number of likely N-dealkylation sites (tertiary alicyclic amines) is 1. The molecule has 2 heterocycles. The van der Waals surface area contributed by atoms with Crippen LogP contribution in [0.2, 0.25) is 0 Å². The molecule has 1 aliphatic heterocycles. The minimum atomic E-state index is 0. The van der Waals surface area contributed by atoms with Gasteiger partial charge in [0, 0.05) is 30.2 Å². The predicted molar refractivity (Wildman–Crippen MR) is 80.8 cm³/mol. The highest BCUT2D eigenvalue weighted by atomic mass is 35.5. The van der Waals surface area contributed by atoms with Crippen molar-refractivity contribution in [1.29, 1.82) is 0 Å². The van der Waals surface area contributed by atoms with E-state index in [2.05, 4.69) is 22.2 Å². The summed E-state index contributed by atoms with van der Waals surface area (Å²) in [5.41, 5.74) is 7.35. The van der Waals surface area contributed by atoms with Crippen molar-refractivity contribution in [2.45, 2.75) is 32.4 Å². The van der Waals surface area contributed by atoms with Crippen molar-refractivity contribution in [3.05, 3.63) is 16.1 Å². The molecule has 2 N–H and O–H groups in total. The van der Waals surface area contributed by atoms with Gasteiger partial charge in [0.05, 0.1) is 6.54 Å². The van der Waals surface area contributed by atoms with E-state index in [4.69, 9.17) is 5.73 Å². The van der Waals surface area contributed by atoms with Gasteiger partial charge in [-0.2, -0.15) is 0 Å². The van der Waals surface area contributed by atoms with Crippen molar-refractivity contribution in [2.75, 3.05) is 13.1 Å². The Morgan fingerprint density at radius 2 is 2.11 bits per heavy atom. The lowest BCUT2D eigenvalue weighted by molar-refractivity contribution is 0.309. The van der Waals surface area contributed by atoms with Crippen LogP contribution in [0.4, 0.5) is 0 Å². The molecule has 2 fully saturated rings. The van der Waals surface area contributed by atoms with Crippen LogP contribution in [0.5, 0.6) is 0 Å². The monoisotopic (exact) mass is 309 g/mol. The summed E-state index contributed by atoms with van der Waals surface area (Å²) in [4.78, 5) is 7.00. The van der Waals surface area contributed by atoms with Crippen molar-refractivity contribution in [3.63, 3.8) is 0 Å². The number of nitrogens with two attached hydrogens (primary N) is 1. The Hall–Kier alpha value is 0.130. The number of hydrogen-bond acceptors (Lipinski definition) is 4. The summed E-state index contributed by atoms with van der Waals surface area (Å²) in [6, 6.07) is 0.397. The second-order valence-corrected chi connectivity index (χ2v) is 6.18. The molecule has 3 nitrogen and oxygen atoms in total. The van der Waals surface area contributed by atoms with Crippen LogP contribution in [0.25, 0.3) is 0 Å². The molecule has 6 heteroatoms. The summed E-state index contributed by atoms with van der Waals surface area (Å²) in [5, 5.41) is 3.37. The van der Waals surface area contributed by atoms with Gasteiger partial charge >= 0.3 is 0 Å². The molecular weight excluding hydrogens is 289 g/mol. The van der Waals surface area contributed by atoms with Crippen molar-refractivity contribution in [2.24, 2.45) is 17.6 Å². The molecule has 2 atom stereocenters. The van der Waals surface area contributed by atoms with Gasteiger partial charge in [-0.15, -0.1) is 36.2 Å². The molecule has 3 rings (SSSR count). The summed E-state index contributed by atoms with van der Waals surface area (Å²) < 4.78 is 0. The molecule has 0 unspecified atom stereocenters. The minimum Gasteiger partial charge on any atom is -0.326 e. The normalized spacial score (nSPS) is 27.7. The van der Waals surface area contributed by atoms with Gasteiger partial charge in [0.2, 0.25) is 0 Å². The van der Waals surface area contributed by atoms with E-state index in [1.54, 1.807) is 11.3 Å². The number of rotatable bonds is 3. The highest BCUT2D eigenvalue weighted by Crippen LogP contribution is 2.41. The summed E-state index contributed by atoms with van der Waals surface area (Å²) >= 11 is 1.77. The first-order chi connectivity index (χ1) is 7.72.